The fourth-order valence-corrected chi connectivity index (χ4v) is 1.41. The fourth-order valence-electron chi connectivity index (χ4n) is 0.876. The van der Waals surface area contributed by atoms with Crippen molar-refractivity contribution in [1.82, 2.24) is 0 Å². The molecule has 2 N–H and O–H groups in total. The molecule has 0 aliphatic heterocycles. The van der Waals surface area contributed by atoms with Gasteiger partial charge < -0.3 is 5.73 Å². The minimum absolute atomic E-state index is 0.0347. The largest absolute Gasteiger partial charge is 0.383 e. The third-order valence-electron chi connectivity index (χ3n) is 1.67. The van der Waals surface area contributed by atoms with Gasteiger partial charge in [-0.05, 0) is 6.92 Å². The van der Waals surface area contributed by atoms with E-state index in [1.165, 1.54) is 6.92 Å². The summed E-state index contributed by atoms with van der Waals surface area (Å²) in [6.07, 6.45) is 0. The third kappa shape index (κ3) is 2.85. The van der Waals surface area contributed by atoms with E-state index in [0.29, 0.717) is 5.56 Å². The lowest BCUT2D eigenvalue weighted by atomic mass is 10.2. The summed E-state index contributed by atoms with van der Waals surface area (Å²) >= 11 is 0. The molecule has 0 unspecified atom stereocenters. The predicted octanol–water partition coefficient (Wildman–Crippen LogP) is 0.742. The van der Waals surface area contributed by atoms with Crippen LogP contribution >= 0.6 is 0 Å². The molecule has 76 valence electrons. The lowest BCUT2D eigenvalue weighted by Crippen LogP contribution is -2.16. The summed E-state index contributed by atoms with van der Waals surface area (Å²) in [5.74, 6) is -0.00646. The highest BCUT2D eigenvalue weighted by Gasteiger charge is 2.06. The van der Waals surface area contributed by atoms with Crippen LogP contribution in [0.15, 0.2) is 34.7 Å². The van der Waals surface area contributed by atoms with Gasteiger partial charge in [0, 0.05) is 5.56 Å². The van der Waals surface area contributed by atoms with Gasteiger partial charge in [-0.15, -0.1) is 4.40 Å². The Morgan fingerprint density at radius 3 is 2.43 bits per heavy atom. The van der Waals surface area contributed by atoms with Gasteiger partial charge in [-0.25, -0.2) is 8.42 Å². The molecule has 0 spiro atoms. The first-order valence-electron chi connectivity index (χ1n) is 4.18. The molecule has 0 atom stereocenters. The lowest BCUT2D eigenvalue weighted by molar-refractivity contribution is 0.599. The second-order valence-electron chi connectivity index (χ2n) is 2.71. The summed E-state index contributed by atoms with van der Waals surface area (Å²) in [4.78, 5) is 0. The van der Waals surface area contributed by atoms with E-state index in [9.17, 15) is 8.42 Å². The molecule has 0 aromatic heterocycles. The molecule has 14 heavy (non-hydrogen) atoms. The maximum absolute atomic E-state index is 11.1. The van der Waals surface area contributed by atoms with E-state index in [-0.39, 0.29) is 11.6 Å². The van der Waals surface area contributed by atoms with Crippen molar-refractivity contribution in [3.63, 3.8) is 0 Å². The van der Waals surface area contributed by atoms with Gasteiger partial charge in [0.05, 0.1) is 5.75 Å². The highest BCUT2D eigenvalue weighted by Crippen LogP contribution is 2.00. The van der Waals surface area contributed by atoms with E-state index >= 15 is 0 Å². The maximum Gasteiger partial charge on any atom is 0.254 e. The molecule has 4 nitrogen and oxygen atoms in total. The van der Waals surface area contributed by atoms with Crippen LogP contribution in [0, 0.1) is 0 Å². The van der Waals surface area contributed by atoms with Crippen molar-refractivity contribution in [3.05, 3.63) is 35.9 Å². The minimum atomic E-state index is -3.40. The first-order valence-corrected chi connectivity index (χ1v) is 5.79. The molecule has 0 saturated heterocycles. The molecule has 5 heteroatoms. The summed E-state index contributed by atoms with van der Waals surface area (Å²) in [6.45, 7) is 1.52. The van der Waals surface area contributed by atoms with E-state index in [1.807, 2.05) is 6.07 Å². The van der Waals surface area contributed by atoms with Crippen molar-refractivity contribution >= 4 is 15.9 Å². The summed E-state index contributed by atoms with van der Waals surface area (Å²) in [5.41, 5.74) is 6.14. The zero-order valence-electron chi connectivity index (χ0n) is 7.84. The van der Waals surface area contributed by atoms with Crippen LogP contribution in [0.25, 0.3) is 0 Å². The quantitative estimate of drug-likeness (QED) is 0.593. The number of rotatable bonds is 3. The topological polar surface area (TPSA) is 72.5 Å². The molecular formula is C9H12N2O2S. The summed E-state index contributed by atoms with van der Waals surface area (Å²) < 4.78 is 25.7. The number of hydrogen-bond acceptors (Lipinski definition) is 2. The summed E-state index contributed by atoms with van der Waals surface area (Å²) in [5, 5.41) is 0. The Morgan fingerprint density at radius 2 is 1.93 bits per heavy atom. The molecule has 0 amide bonds. The van der Waals surface area contributed by atoms with Gasteiger partial charge in [-0.1, -0.05) is 30.3 Å². The maximum atomic E-state index is 11.1. The molecule has 0 radical (unpaired) electrons. The van der Waals surface area contributed by atoms with Crippen LogP contribution in [-0.4, -0.2) is 20.0 Å². The first kappa shape index (κ1) is 10.7. The molecule has 1 aromatic carbocycles. The zero-order valence-corrected chi connectivity index (χ0v) is 8.66. The Balaban J connectivity index is 3.03. The Kier molecular flexibility index (Phi) is 3.24. The van der Waals surface area contributed by atoms with Crippen molar-refractivity contribution in [2.45, 2.75) is 6.92 Å². The van der Waals surface area contributed by atoms with E-state index in [1.54, 1.807) is 24.3 Å². The molecule has 1 rings (SSSR count). The van der Waals surface area contributed by atoms with Crippen molar-refractivity contribution in [1.29, 1.82) is 0 Å². The van der Waals surface area contributed by atoms with E-state index in [4.69, 9.17) is 5.73 Å². The average Bonchev–Trinajstić information content (AvgIpc) is 2.19. The van der Waals surface area contributed by atoms with Crippen LogP contribution in [-0.2, 0) is 10.0 Å². The predicted molar refractivity (Wildman–Crippen MR) is 56.6 cm³/mol. The van der Waals surface area contributed by atoms with E-state index in [2.05, 4.69) is 4.40 Å². The Labute approximate surface area is 83.5 Å². The number of amidine groups is 1. The van der Waals surface area contributed by atoms with E-state index in [0.717, 1.165) is 0 Å². The SMILES string of the molecule is CCS(=O)(=O)N=C(N)c1ccccc1. The van der Waals surface area contributed by atoms with Gasteiger partial charge in [-0.3, -0.25) is 0 Å². The molecule has 0 saturated carbocycles. The number of benzene rings is 1. The van der Waals surface area contributed by atoms with Gasteiger partial charge in [0.2, 0.25) is 0 Å². The number of sulfonamides is 1. The Hall–Kier alpha value is -1.36. The van der Waals surface area contributed by atoms with Crippen molar-refractivity contribution in [3.8, 4) is 0 Å². The molecular weight excluding hydrogens is 200 g/mol. The smallest absolute Gasteiger partial charge is 0.254 e. The molecule has 1 aromatic rings. The minimum Gasteiger partial charge on any atom is -0.383 e. The number of nitrogens with two attached hydrogens (primary N) is 1. The molecule has 0 aliphatic rings. The van der Waals surface area contributed by atoms with Crippen molar-refractivity contribution in [2.24, 2.45) is 10.1 Å². The van der Waals surface area contributed by atoms with Crippen LogP contribution in [0.2, 0.25) is 0 Å². The van der Waals surface area contributed by atoms with E-state index < -0.39 is 10.0 Å². The van der Waals surface area contributed by atoms with Crippen LogP contribution < -0.4 is 5.73 Å². The number of hydrogen-bond donors (Lipinski definition) is 1. The molecule has 0 bridgehead atoms. The van der Waals surface area contributed by atoms with Gasteiger partial charge in [0.1, 0.15) is 5.84 Å². The van der Waals surface area contributed by atoms with Crippen molar-refractivity contribution in [2.75, 3.05) is 5.75 Å². The zero-order chi connectivity index (χ0) is 10.6. The van der Waals surface area contributed by atoms with Crippen LogP contribution in [0.4, 0.5) is 0 Å². The Morgan fingerprint density at radius 1 is 1.36 bits per heavy atom. The van der Waals surface area contributed by atoms with Gasteiger partial charge in [0.25, 0.3) is 10.0 Å². The van der Waals surface area contributed by atoms with Gasteiger partial charge >= 0.3 is 0 Å². The van der Waals surface area contributed by atoms with Crippen LogP contribution in [0.5, 0.6) is 0 Å². The van der Waals surface area contributed by atoms with Crippen molar-refractivity contribution < 1.29 is 8.42 Å². The van der Waals surface area contributed by atoms with Gasteiger partial charge in [-0.2, -0.15) is 0 Å². The Bertz CT molecular complexity index is 423. The lowest BCUT2D eigenvalue weighted by Gasteiger charge is -1.99. The second-order valence-corrected chi connectivity index (χ2v) is 4.64. The first-order chi connectivity index (χ1) is 6.55. The summed E-state index contributed by atoms with van der Waals surface area (Å²) in [6, 6.07) is 8.80. The fraction of sp³-hybridized carbons (Fsp3) is 0.222. The van der Waals surface area contributed by atoms with Gasteiger partial charge in [0.15, 0.2) is 0 Å². The number of nitrogens with zero attached hydrogens (tertiary/aromatic N) is 1. The average molecular weight is 212 g/mol. The highest BCUT2D eigenvalue weighted by atomic mass is 32.2. The standard InChI is InChI=1S/C9H12N2O2S/c1-2-14(12,13)11-9(10)8-6-4-3-5-7-8/h3-7H,2H2,1H3,(H2,10,11). The molecule has 0 aliphatic carbocycles. The van der Waals surface area contributed by atoms with Crippen LogP contribution in [0.1, 0.15) is 12.5 Å². The summed E-state index contributed by atoms with van der Waals surface area (Å²) in [7, 11) is -3.40. The molecule has 0 fully saturated rings. The highest BCUT2D eigenvalue weighted by molar-refractivity contribution is 7.90. The molecule has 0 heterocycles. The van der Waals surface area contributed by atoms with Crippen LogP contribution in [0.3, 0.4) is 0 Å². The normalized spacial score (nSPS) is 12.8. The third-order valence-corrected chi connectivity index (χ3v) is 2.88. The second kappa shape index (κ2) is 4.23. The monoisotopic (exact) mass is 212 g/mol.